The topological polar surface area (TPSA) is 142 Å². The highest BCUT2D eigenvalue weighted by molar-refractivity contribution is 5.89. The largest absolute Gasteiger partial charge is 0.481 e. The molecule has 24 heavy (non-hydrogen) atoms. The summed E-state index contributed by atoms with van der Waals surface area (Å²) in [6.07, 6.45) is -1.45. The summed E-state index contributed by atoms with van der Waals surface area (Å²) in [6, 6.07) is -2.36. The molecular weight excluding hydrogens is 320 g/mol. The van der Waals surface area contributed by atoms with Crippen molar-refractivity contribution in [2.75, 3.05) is 0 Å². The second-order valence-corrected chi connectivity index (χ2v) is 6.70. The lowest BCUT2D eigenvalue weighted by molar-refractivity contribution is -0.143. The Hall–Kier alpha value is -2.32. The van der Waals surface area contributed by atoms with Gasteiger partial charge in [0.15, 0.2) is 0 Å². The third-order valence-electron chi connectivity index (χ3n) is 2.88. The summed E-state index contributed by atoms with van der Waals surface area (Å²) in [5.41, 5.74) is -0.743. The number of hydrogen-bond acceptors (Lipinski definition) is 5. The van der Waals surface area contributed by atoms with Crippen LogP contribution >= 0.6 is 0 Å². The van der Waals surface area contributed by atoms with Gasteiger partial charge in [-0.3, -0.25) is 9.59 Å². The molecule has 0 fully saturated rings. The van der Waals surface area contributed by atoms with Gasteiger partial charge in [0.1, 0.15) is 17.7 Å². The van der Waals surface area contributed by atoms with Crippen molar-refractivity contribution in [2.24, 2.45) is 5.92 Å². The van der Waals surface area contributed by atoms with Gasteiger partial charge in [-0.25, -0.2) is 9.59 Å². The fourth-order valence-corrected chi connectivity index (χ4v) is 1.76. The van der Waals surface area contributed by atoms with E-state index in [1.807, 2.05) is 0 Å². The van der Waals surface area contributed by atoms with E-state index in [0.717, 1.165) is 0 Å². The predicted octanol–water partition coefficient (Wildman–Crippen LogP) is 0.970. The molecule has 2 atom stereocenters. The van der Waals surface area contributed by atoms with Crippen LogP contribution in [0, 0.1) is 5.92 Å². The van der Waals surface area contributed by atoms with Gasteiger partial charge in [0, 0.05) is 6.42 Å². The van der Waals surface area contributed by atoms with Crippen molar-refractivity contribution in [3.63, 3.8) is 0 Å². The van der Waals surface area contributed by atoms with Crippen molar-refractivity contribution < 1.29 is 34.1 Å². The summed E-state index contributed by atoms with van der Waals surface area (Å²) in [6.45, 7) is 8.36. The molecule has 0 unspecified atom stereocenters. The van der Waals surface area contributed by atoms with Gasteiger partial charge in [0.25, 0.3) is 0 Å². The summed E-state index contributed by atoms with van der Waals surface area (Å²) in [4.78, 5) is 45.7. The van der Waals surface area contributed by atoms with Crippen LogP contribution in [-0.2, 0) is 19.1 Å². The Morgan fingerprint density at radius 1 is 1.04 bits per heavy atom. The first-order valence-corrected chi connectivity index (χ1v) is 7.58. The van der Waals surface area contributed by atoms with Crippen LogP contribution in [0.5, 0.6) is 0 Å². The van der Waals surface area contributed by atoms with Crippen molar-refractivity contribution >= 4 is 23.9 Å². The minimum absolute atomic E-state index is 0.256. The van der Waals surface area contributed by atoms with Crippen LogP contribution in [0.1, 0.15) is 47.5 Å². The molecule has 0 aliphatic carbocycles. The smallest absolute Gasteiger partial charge is 0.408 e. The average molecular weight is 346 g/mol. The molecule has 0 aromatic carbocycles. The second-order valence-electron chi connectivity index (χ2n) is 6.70. The second kappa shape index (κ2) is 9.09. The van der Waals surface area contributed by atoms with Gasteiger partial charge in [-0.05, 0) is 33.1 Å². The number of carboxylic acid groups (broad SMARTS) is 2. The van der Waals surface area contributed by atoms with Gasteiger partial charge in [0.2, 0.25) is 5.91 Å². The van der Waals surface area contributed by atoms with Crippen molar-refractivity contribution in [2.45, 2.75) is 65.1 Å². The summed E-state index contributed by atoms with van der Waals surface area (Å²) in [5, 5.41) is 22.3. The van der Waals surface area contributed by atoms with E-state index >= 15 is 0 Å². The summed E-state index contributed by atoms with van der Waals surface area (Å²) >= 11 is 0. The summed E-state index contributed by atoms with van der Waals surface area (Å²) < 4.78 is 5.08. The number of alkyl carbamates (subject to hydrolysis) is 1. The van der Waals surface area contributed by atoms with E-state index < -0.39 is 48.0 Å². The number of carboxylic acids is 2. The first-order valence-electron chi connectivity index (χ1n) is 7.58. The molecule has 9 nitrogen and oxygen atoms in total. The Morgan fingerprint density at radius 3 is 1.96 bits per heavy atom. The molecule has 0 aliphatic rings. The molecule has 0 aromatic heterocycles. The van der Waals surface area contributed by atoms with Crippen molar-refractivity contribution in [1.29, 1.82) is 0 Å². The number of rotatable bonds is 8. The monoisotopic (exact) mass is 346 g/mol. The van der Waals surface area contributed by atoms with Crippen LogP contribution < -0.4 is 10.6 Å². The molecule has 138 valence electrons. The van der Waals surface area contributed by atoms with E-state index in [9.17, 15) is 19.2 Å². The number of hydrogen-bond donors (Lipinski definition) is 4. The van der Waals surface area contributed by atoms with E-state index in [2.05, 4.69) is 10.6 Å². The average Bonchev–Trinajstić information content (AvgIpc) is 2.37. The molecule has 0 aliphatic heterocycles. The fourth-order valence-electron chi connectivity index (χ4n) is 1.76. The Kier molecular flexibility index (Phi) is 8.21. The Labute approximate surface area is 140 Å². The molecule has 2 amide bonds. The van der Waals surface area contributed by atoms with Crippen LogP contribution in [0.15, 0.2) is 0 Å². The van der Waals surface area contributed by atoms with Crippen LogP contribution in [0.4, 0.5) is 4.79 Å². The SMILES string of the molecule is CC(C)[C@H](NC(=O)OC(C)(C)C)C(=O)N[C@@H](CCC(=O)O)C(=O)O. The molecule has 0 saturated heterocycles. The first kappa shape index (κ1) is 21.7. The molecule has 0 rings (SSSR count). The number of aliphatic carboxylic acids is 2. The third kappa shape index (κ3) is 8.96. The molecule has 4 N–H and O–H groups in total. The van der Waals surface area contributed by atoms with E-state index in [4.69, 9.17) is 14.9 Å². The minimum atomic E-state index is -1.35. The van der Waals surface area contributed by atoms with Gasteiger partial charge in [-0.15, -0.1) is 0 Å². The number of nitrogens with one attached hydrogen (secondary N) is 2. The quantitative estimate of drug-likeness (QED) is 0.513. The van der Waals surface area contributed by atoms with Crippen LogP contribution in [0.25, 0.3) is 0 Å². The molecule has 0 heterocycles. The van der Waals surface area contributed by atoms with E-state index in [0.29, 0.717) is 0 Å². The summed E-state index contributed by atoms with van der Waals surface area (Å²) in [7, 11) is 0. The highest BCUT2D eigenvalue weighted by Crippen LogP contribution is 2.09. The molecule has 0 saturated carbocycles. The highest BCUT2D eigenvalue weighted by Gasteiger charge is 2.30. The maximum absolute atomic E-state index is 12.3. The van der Waals surface area contributed by atoms with E-state index in [-0.39, 0.29) is 12.3 Å². The Balaban J connectivity index is 4.91. The van der Waals surface area contributed by atoms with Gasteiger partial charge in [-0.2, -0.15) is 0 Å². The van der Waals surface area contributed by atoms with Crippen LogP contribution in [0.3, 0.4) is 0 Å². The first-order chi connectivity index (χ1) is 10.8. The van der Waals surface area contributed by atoms with Crippen molar-refractivity contribution in [3.8, 4) is 0 Å². The maximum atomic E-state index is 12.3. The number of carbonyl (C=O) groups excluding carboxylic acids is 2. The van der Waals surface area contributed by atoms with Crippen LogP contribution in [0.2, 0.25) is 0 Å². The molecule has 0 aromatic rings. The minimum Gasteiger partial charge on any atom is -0.481 e. The van der Waals surface area contributed by atoms with Gasteiger partial charge in [0.05, 0.1) is 0 Å². The Morgan fingerprint density at radius 2 is 1.58 bits per heavy atom. The molecular formula is C15H26N2O7. The van der Waals surface area contributed by atoms with Gasteiger partial charge in [-0.1, -0.05) is 13.8 Å². The van der Waals surface area contributed by atoms with Gasteiger partial charge < -0.3 is 25.6 Å². The zero-order valence-electron chi connectivity index (χ0n) is 14.6. The lowest BCUT2D eigenvalue weighted by atomic mass is 10.0. The zero-order chi connectivity index (χ0) is 19.1. The van der Waals surface area contributed by atoms with Gasteiger partial charge >= 0.3 is 18.0 Å². The molecule has 9 heteroatoms. The van der Waals surface area contributed by atoms with Crippen molar-refractivity contribution in [1.82, 2.24) is 10.6 Å². The normalized spacial score (nSPS) is 13.8. The third-order valence-corrected chi connectivity index (χ3v) is 2.88. The standard InChI is InChI=1S/C15H26N2O7/c1-8(2)11(17-14(23)24-15(3,4)5)12(20)16-9(13(21)22)6-7-10(18)19/h8-9,11H,6-7H2,1-5H3,(H,16,20)(H,17,23)(H,18,19)(H,21,22)/t9-,11-/m0/s1. The number of ether oxygens (including phenoxy) is 1. The number of amides is 2. The molecule has 0 radical (unpaired) electrons. The lowest BCUT2D eigenvalue weighted by Crippen LogP contribution is -2.54. The maximum Gasteiger partial charge on any atom is 0.408 e. The fraction of sp³-hybridized carbons (Fsp3) is 0.733. The highest BCUT2D eigenvalue weighted by atomic mass is 16.6. The van der Waals surface area contributed by atoms with E-state index in [1.165, 1.54) is 0 Å². The molecule has 0 bridgehead atoms. The Bertz CT molecular complexity index is 483. The summed E-state index contributed by atoms with van der Waals surface area (Å²) in [5.74, 6) is -3.55. The number of carbonyl (C=O) groups is 4. The predicted molar refractivity (Wildman–Crippen MR) is 84.4 cm³/mol. The van der Waals surface area contributed by atoms with Crippen LogP contribution in [-0.4, -0.2) is 51.8 Å². The van der Waals surface area contributed by atoms with E-state index in [1.54, 1.807) is 34.6 Å². The van der Waals surface area contributed by atoms with Crippen molar-refractivity contribution in [3.05, 3.63) is 0 Å². The zero-order valence-corrected chi connectivity index (χ0v) is 14.6. The molecule has 0 spiro atoms. The lowest BCUT2D eigenvalue weighted by Gasteiger charge is -2.26.